The van der Waals surface area contributed by atoms with Crippen molar-refractivity contribution in [3.05, 3.63) is 95.1 Å². The van der Waals surface area contributed by atoms with Crippen LogP contribution in [0.1, 0.15) is 47.6 Å². The lowest BCUT2D eigenvalue weighted by Gasteiger charge is -2.37. The number of sulfonamides is 1. The summed E-state index contributed by atoms with van der Waals surface area (Å²) in [6, 6.07) is 19.4. The molecule has 34 heavy (non-hydrogen) atoms. The van der Waals surface area contributed by atoms with Gasteiger partial charge in [0.2, 0.25) is 0 Å². The molecule has 2 aliphatic rings. The molecule has 3 aromatic carbocycles. The fraction of sp³-hybridized carbons (Fsp3) is 0.286. The second-order valence-corrected chi connectivity index (χ2v) is 10.8. The van der Waals surface area contributed by atoms with Gasteiger partial charge in [-0.15, -0.1) is 0 Å². The van der Waals surface area contributed by atoms with Crippen molar-refractivity contribution in [2.24, 2.45) is 5.92 Å². The standard InChI is InChI=1S/C28H30N2O3S/c1-4-33-22-12-9-20(10-13-22)28-25-7-5-6-24(25)26-17-23(14-15-27(26)29-28)34(31,32)30-21-11-8-18(2)19(3)16-21/h5-6,8-17,24-25,28-30H,4,7H2,1-3H3. The molecule has 0 amide bonds. The molecule has 5 rings (SSSR count). The van der Waals surface area contributed by atoms with Crippen LogP contribution in [-0.2, 0) is 10.0 Å². The van der Waals surface area contributed by atoms with Crippen LogP contribution in [-0.4, -0.2) is 15.0 Å². The molecule has 1 aliphatic heterocycles. The molecule has 0 radical (unpaired) electrons. The fourth-order valence-corrected chi connectivity index (χ4v) is 6.11. The van der Waals surface area contributed by atoms with E-state index in [1.165, 1.54) is 5.56 Å². The number of hydrogen-bond acceptors (Lipinski definition) is 4. The number of nitrogens with one attached hydrogen (secondary N) is 2. The minimum atomic E-state index is -3.70. The topological polar surface area (TPSA) is 67.4 Å². The molecule has 6 heteroatoms. The van der Waals surface area contributed by atoms with E-state index in [0.29, 0.717) is 18.2 Å². The van der Waals surface area contributed by atoms with E-state index in [9.17, 15) is 8.42 Å². The maximum absolute atomic E-state index is 13.2. The molecule has 0 bridgehead atoms. The van der Waals surface area contributed by atoms with E-state index in [1.54, 1.807) is 12.1 Å². The Bertz CT molecular complexity index is 1350. The quantitative estimate of drug-likeness (QED) is 0.410. The van der Waals surface area contributed by atoms with Crippen LogP contribution in [0.4, 0.5) is 11.4 Å². The first-order valence-electron chi connectivity index (χ1n) is 11.8. The lowest BCUT2D eigenvalue weighted by atomic mass is 9.77. The Kier molecular flexibility index (Phi) is 5.86. The summed E-state index contributed by atoms with van der Waals surface area (Å²) in [7, 11) is -3.70. The molecule has 0 aromatic heterocycles. The monoisotopic (exact) mass is 474 g/mol. The van der Waals surface area contributed by atoms with Gasteiger partial charge in [-0.2, -0.15) is 0 Å². The van der Waals surface area contributed by atoms with Gasteiger partial charge in [-0.1, -0.05) is 30.4 Å². The highest BCUT2D eigenvalue weighted by Crippen LogP contribution is 2.50. The first-order valence-corrected chi connectivity index (χ1v) is 13.2. The van der Waals surface area contributed by atoms with Crippen molar-refractivity contribution in [2.75, 3.05) is 16.6 Å². The van der Waals surface area contributed by atoms with E-state index in [4.69, 9.17) is 4.74 Å². The van der Waals surface area contributed by atoms with E-state index in [0.717, 1.165) is 34.5 Å². The number of benzene rings is 3. The lowest BCUT2D eigenvalue weighted by molar-refractivity contribution is 0.340. The number of aryl methyl sites for hydroxylation is 2. The van der Waals surface area contributed by atoms with Crippen LogP contribution < -0.4 is 14.8 Å². The van der Waals surface area contributed by atoms with Gasteiger partial charge in [-0.05, 0) is 97.8 Å². The van der Waals surface area contributed by atoms with Gasteiger partial charge < -0.3 is 10.1 Å². The molecule has 0 saturated carbocycles. The molecule has 3 unspecified atom stereocenters. The summed E-state index contributed by atoms with van der Waals surface area (Å²) in [5.74, 6) is 1.37. The molecule has 2 N–H and O–H groups in total. The molecule has 0 fully saturated rings. The predicted octanol–water partition coefficient (Wildman–Crippen LogP) is 6.33. The molecule has 3 atom stereocenters. The first-order chi connectivity index (χ1) is 16.4. The molecule has 176 valence electrons. The Balaban J connectivity index is 1.44. The zero-order valence-electron chi connectivity index (χ0n) is 19.7. The minimum absolute atomic E-state index is 0.152. The zero-order chi connectivity index (χ0) is 23.9. The van der Waals surface area contributed by atoms with Crippen molar-refractivity contribution >= 4 is 21.4 Å². The first kappa shape index (κ1) is 22.5. The smallest absolute Gasteiger partial charge is 0.261 e. The second-order valence-electron chi connectivity index (χ2n) is 9.13. The van der Waals surface area contributed by atoms with Crippen LogP contribution >= 0.6 is 0 Å². The Hall–Kier alpha value is -3.25. The highest BCUT2D eigenvalue weighted by Gasteiger charge is 2.38. The summed E-state index contributed by atoms with van der Waals surface area (Å²) >= 11 is 0. The van der Waals surface area contributed by atoms with Crippen LogP contribution in [0.15, 0.2) is 77.7 Å². The van der Waals surface area contributed by atoms with E-state index in [2.05, 4.69) is 34.3 Å². The van der Waals surface area contributed by atoms with Crippen molar-refractivity contribution in [3.63, 3.8) is 0 Å². The third-order valence-corrected chi connectivity index (χ3v) is 8.33. The molecule has 3 aromatic rings. The number of anilines is 2. The van der Waals surface area contributed by atoms with E-state index >= 15 is 0 Å². The molecular formula is C28H30N2O3S. The van der Waals surface area contributed by atoms with Crippen LogP contribution in [0.3, 0.4) is 0 Å². The van der Waals surface area contributed by atoms with E-state index in [1.807, 2.05) is 57.2 Å². The third-order valence-electron chi connectivity index (χ3n) is 6.95. The van der Waals surface area contributed by atoms with Crippen molar-refractivity contribution in [3.8, 4) is 5.75 Å². The fourth-order valence-electron chi connectivity index (χ4n) is 5.03. The summed E-state index contributed by atoms with van der Waals surface area (Å²) in [4.78, 5) is 0.282. The van der Waals surface area contributed by atoms with Gasteiger partial charge in [0, 0.05) is 17.3 Å². The van der Waals surface area contributed by atoms with Gasteiger partial charge in [0.15, 0.2) is 0 Å². The Morgan fingerprint density at radius 3 is 2.53 bits per heavy atom. The van der Waals surface area contributed by atoms with E-state index < -0.39 is 10.0 Å². The van der Waals surface area contributed by atoms with Gasteiger partial charge in [0.1, 0.15) is 5.75 Å². The van der Waals surface area contributed by atoms with E-state index in [-0.39, 0.29) is 16.9 Å². The van der Waals surface area contributed by atoms with Crippen molar-refractivity contribution in [1.82, 2.24) is 0 Å². The summed E-state index contributed by atoms with van der Waals surface area (Å²) in [6.45, 7) is 6.61. The van der Waals surface area contributed by atoms with Crippen molar-refractivity contribution in [2.45, 2.75) is 44.0 Å². The van der Waals surface area contributed by atoms with Gasteiger partial charge >= 0.3 is 0 Å². The minimum Gasteiger partial charge on any atom is -0.494 e. The van der Waals surface area contributed by atoms with Crippen molar-refractivity contribution in [1.29, 1.82) is 0 Å². The number of fused-ring (bicyclic) bond motifs is 3. The van der Waals surface area contributed by atoms with Gasteiger partial charge in [-0.25, -0.2) is 8.42 Å². The summed E-state index contributed by atoms with van der Waals surface area (Å²) in [6.07, 6.45) is 5.38. The number of allylic oxidation sites excluding steroid dienone is 2. The predicted molar refractivity (Wildman–Crippen MR) is 137 cm³/mol. The average molecular weight is 475 g/mol. The summed E-state index contributed by atoms with van der Waals surface area (Å²) in [5.41, 5.74) is 5.98. The molecule has 1 heterocycles. The highest BCUT2D eigenvalue weighted by molar-refractivity contribution is 7.92. The Labute approximate surface area is 201 Å². The normalized spacial score (nSPS) is 20.9. The molecule has 0 saturated heterocycles. The molecule has 5 nitrogen and oxygen atoms in total. The lowest BCUT2D eigenvalue weighted by Crippen LogP contribution is -2.29. The summed E-state index contributed by atoms with van der Waals surface area (Å²) in [5, 5.41) is 3.68. The van der Waals surface area contributed by atoms with Gasteiger partial charge in [-0.3, -0.25) is 4.72 Å². The second kappa shape index (κ2) is 8.84. The number of hydrogen-bond donors (Lipinski definition) is 2. The Morgan fingerprint density at radius 2 is 1.79 bits per heavy atom. The van der Waals surface area contributed by atoms with Crippen molar-refractivity contribution < 1.29 is 13.2 Å². The van der Waals surface area contributed by atoms with Crippen LogP contribution in [0.5, 0.6) is 5.75 Å². The molecule has 1 aliphatic carbocycles. The third kappa shape index (κ3) is 4.18. The van der Waals surface area contributed by atoms with Crippen LogP contribution in [0.2, 0.25) is 0 Å². The SMILES string of the molecule is CCOc1ccc(C2Nc3ccc(S(=O)(=O)Nc4ccc(C)c(C)c4)cc3C3C=CCC32)cc1. The maximum Gasteiger partial charge on any atom is 0.261 e. The highest BCUT2D eigenvalue weighted by atomic mass is 32.2. The Morgan fingerprint density at radius 1 is 1.00 bits per heavy atom. The zero-order valence-corrected chi connectivity index (χ0v) is 20.5. The van der Waals surface area contributed by atoms with Crippen LogP contribution in [0, 0.1) is 19.8 Å². The summed E-state index contributed by atoms with van der Waals surface area (Å²) < 4.78 is 34.7. The molecular weight excluding hydrogens is 444 g/mol. The largest absolute Gasteiger partial charge is 0.494 e. The molecule has 0 spiro atoms. The maximum atomic E-state index is 13.2. The number of rotatable bonds is 6. The number of ether oxygens (including phenoxy) is 1. The average Bonchev–Trinajstić information content (AvgIpc) is 3.32. The van der Waals surface area contributed by atoms with Gasteiger partial charge in [0.05, 0.1) is 17.5 Å². The van der Waals surface area contributed by atoms with Gasteiger partial charge in [0.25, 0.3) is 10.0 Å². The van der Waals surface area contributed by atoms with Crippen LogP contribution in [0.25, 0.3) is 0 Å².